The lowest BCUT2D eigenvalue weighted by molar-refractivity contribution is 0.403. The lowest BCUT2D eigenvalue weighted by Crippen LogP contribution is -1.88. The second-order valence-electron chi connectivity index (χ2n) is 3.02. The Bertz CT molecular complexity index is 295. The lowest BCUT2D eigenvalue weighted by atomic mass is 10.0. The van der Waals surface area contributed by atoms with E-state index >= 15 is 0 Å². The van der Waals surface area contributed by atoms with E-state index in [9.17, 15) is 0 Å². The number of hydrogen-bond acceptors (Lipinski definition) is 2. The van der Waals surface area contributed by atoms with Crippen LogP contribution < -0.4 is 0 Å². The number of aromatic hydroxyl groups is 2. The number of halogens is 1. The normalized spacial score (nSPS) is 10.7. The molecule has 1 aromatic carbocycles. The molecule has 0 radical (unpaired) electrons. The van der Waals surface area contributed by atoms with Crippen LogP contribution in [-0.2, 0) is 0 Å². The van der Waals surface area contributed by atoms with Crippen molar-refractivity contribution in [3.8, 4) is 11.5 Å². The molecule has 0 aliphatic rings. The van der Waals surface area contributed by atoms with E-state index in [0.29, 0.717) is 5.02 Å². The minimum absolute atomic E-state index is 0.122. The van der Waals surface area contributed by atoms with Gasteiger partial charge in [0.1, 0.15) is 0 Å². The Morgan fingerprint density at radius 2 is 1.67 bits per heavy atom. The summed E-state index contributed by atoms with van der Waals surface area (Å²) in [5.74, 6) is -0.0588. The maximum atomic E-state index is 9.16. The topological polar surface area (TPSA) is 40.5 Å². The Labute approximate surface area is 76.4 Å². The highest BCUT2D eigenvalue weighted by Crippen LogP contribution is 2.34. The molecule has 0 unspecified atom stereocenters. The highest BCUT2D eigenvalue weighted by atomic mass is 35.5. The quantitative estimate of drug-likeness (QED) is 0.663. The van der Waals surface area contributed by atoms with Crippen molar-refractivity contribution in [2.45, 2.75) is 19.8 Å². The maximum absolute atomic E-state index is 9.16. The van der Waals surface area contributed by atoms with Gasteiger partial charge in [-0.25, -0.2) is 0 Å². The summed E-state index contributed by atoms with van der Waals surface area (Å²) in [5, 5.41) is 18.7. The highest BCUT2D eigenvalue weighted by Gasteiger charge is 2.09. The fourth-order valence-electron chi connectivity index (χ4n) is 1.01. The Kier molecular flexibility index (Phi) is 2.48. The Hall–Kier alpha value is -0.890. The molecule has 66 valence electrons. The van der Waals surface area contributed by atoms with Gasteiger partial charge in [0, 0.05) is 11.1 Å². The molecule has 0 aliphatic heterocycles. The SMILES string of the molecule is CC(C)c1cc(O)c(O)cc1Cl. The number of phenolic OH excluding ortho intramolecular Hbond substituents is 2. The first-order valence-corrected chi connectivity index (χ1v) is 4.11. The van der Waals surface area contributed by atoms with Gasteiger partial charge in [-0.15, -0.1) is 0 Å². The van der Waals surface area contributed by atoms with Gasteiger partial charge in [0.15, 0.2) is 11.5 Å². The number of benzene rings is 1. The first-order valence-electron chi connectivity index (χ1n) is 3.73. The molecule has 0 saturated heterocycles. The van der Waals surface area contributed by atoms with E-state index in [0.717, 1.165) is 5.56 Å². The standard InChI is InChI=1S/C9H11ClO2/c1-5(2)6-3-8(11)9(12)4-7(6)10/h3-5,11-12H,1-2H3. The minimum Gasteiger partial charge on any atom is -0.504 e. The van der Waals surface area contributed by atoms with Crippen LogP contribution in [0.2, 0.25) is 5.02 Å². The fraction of sp³-hybridized carbons (Fsp3) is 0.333. The summed E-state index contributed by atoms with van der Waals surface area (Å²) in [6.45, 7) is 3.94. The summed E-state index contributed by atoms with van der Waals surface area (Å²) in [5.41, 5.74) is 0.840. The molecular formula is C9H11ClO2. The summed E-state index contributed by atoms with van der Waals surface area (Å²) < 4.78 is 0. The average molecular weight is 187 g/mol. The summed E-state index contributed by atoms with van der Waals surface area (Å²) in [6.07, 6.45) is 0. The van der Waals surface area contributed by atoms with Crippen LogP contribution in [0.5, 0.6) is 11.5 Å². The number of rotatable bonds is 1. The fourth-order valence-corrected chi connectivity index (χ4v) is 1.39. The van der Waals surface area contributed by atoms with Crippen molar-refractivity contribution < 1.29 is 10.2 Å². The molecule has 0 aliphatic carbocycles. The molecule has 3 heteroatoms. The molecule has 1 aromatic rings. The highest BCUT2D eigenvalue weighted by molar-refractivity contribution is 6.31. The summed E-state index contributed by atoms with van der Waals surface area (Å²) in [4.78, 5) is 0. The van der Waals surface area contributed by atoms with Gasteiger partial charge in [-0.05, 0) is 17.5 Å². The van der Waals surface area contributed by atoms with E-state index in [-0.39, 0.29) is 17.4 Å². The van der Waals surface area contributed by atoms with Gasteiger partial charge in [0.2, 0.25) is 0 Å². The molecule has 0 heterocycles. The Morgan fingerprint density at radius 3 is 2.17 bits per heavy atom. The third-order valence-corrected chi connectivity index (χ3v) is 2.04. The van der Waals surface area contributed by atoms with Crippen LogP contribution in [0.15, 0.2) is 12.1 Å². The van der Waals surface area contributed by atoms with Crippen molar-refractivity contribution in [3.05, 3.63) is 22.7 Å². The Morgan fingerprint density at radius 1 is 1.17 bits per heavy atom. The van der Waals surface area contributed by atoms with Gasteiger partial charge in [0.25, 0.3) is 0 Å². The molecule has 0 spiro atoms. The smallest absolute Gasteiger partial charge is 0.158 e. The third kappa shape index (κ3) is 1.64. The zero-order valence-electron chi connectivity index (χ0n) is 7.00. The number of hydrogen-bond donors (Lipinski definition) is 2. The second-order valence-corrected chi connectivity index (χ2v) is 3.42. The molecular weight excluding hydrogens is 176 g/mol. The molecule has 0 bridgehead atoms. The van der Waals surface area contributed by atoms with Crippen LogP contribution in [0.4, 0.5) is 0 Å². The zero-order chi connectivity index (χ0) is 9.30. The predicted molar refractivity (Wildman–Crippen MR) is 48.9 cm³/mol. The van der Waals surface area contributed by atoms with Crippen LogP contribution in [0.1, 0.15) is 25.3 Å². The molecule has 2 nitrogen and oxygen atoms in total. The summed E-state index contributed by atoms with van der Waals surface area (Å²) in [7, 11) is 0. The van der Waals surface area contributed by atoms with Gasteiger partial charge in [-0.2, -0.15) is 0 Å². The van der Waals surface area contributed by atoms with Crippen molar-refractivity contribution in [2.24, 2.45) is 0 Å². The van der Waals surface area contributed by atoms with Crippen LogP contribution in [0.25, 0.3) is 0 Å². The van der Waals surface area contributed by atoms with E-state index in [1.165, 1.54) is 12.1 Å². The Balaban J connectivity index is 3.23. The maximum Gasteiger partial charge on any atom is 0.158 e. The number of phenols is 2. The first kappa shape index (κ1) is 9.20. The van der Waals surface area contributed by atoms with Gasteiger partial charge in [-0.1, -0.05) is 25.4 Å². The molecule has 12 heavy (non-hydrogen) atoms. The molecule has 0 aromatic heterocycles. The van der Waals surface area contributed by atoms with Crippen molar-refractivity contribution >= 4 is 11.6 Å². The molecule has 0 saturated carbocycles. The third-order valence-electron chi connectivity index (χ3n) is 1.72. The first-order chi connectivity index (χ1) is 5.52. The molecule has 0 amide bonds. The van der Waals surface area contributed by atoms with E-state index in [1.54, 1.807) is 0 Å². The van der Waals surface area contributed by atoms with Gasteiger partial charge < -0.3 is 10.2 Å². The van der Waals surface area contributed by atoms with Crippen LogP contribution in [-0.4, -0.2) is 10.2 Å². The van der Waals surface area contributed by atoms with Crippen molar-refractivity contribution in [2.75, 3.05) is 0 Å². The van der Waals surface area contributed by atoms with E-state index < -0.39 is 0 Å². The predicted octanol–water partition coefficient (Wildman–Crippen LogP) is 2.87. The van der Waals surface area contributed by atoms with Crippen molar-refractivity contribution in [1.29, 1.82) is 0 Å². The monoisotopic (exact) mass is 186 g/mol. The van der Waals surface area contributed by atoms with Crippen molar-refractivity contribution in [3.63, 3.8) is 0 Å². The minimum atomic E-state index is -0.176. The molecule has 2 N–H and O–H groups in total. The average Bonchev–Trinajstić information content (AvgIpc) is 1.96. The zero-order valence-corrected chi connectivity index (χ0v) is 7.76. The van der Waals surface area contributed by atoms with Gasteiger partial charge >= 0.3 is 0 Å². The van der Waals surface area contributed by atoms with Crippen LogP contribution >= 0.6 is 11.6 Å². The lowest BCUT2D eigenvalue weighted by Gasteiger charge is -2.09. The van der Waals surface area contributed by atoms with E-state index in [4.69, 9.17) is 21.8 Å². The molecule has 1 rings (SSSR count). The van der Waals surface area contributed by atoms with Gasteiger partial charge in [-0.3, -0.25) is 0 Å². The largest absolute Gasteiger partial charge is 0.504 e. The van der Waals surface area contributed by atoms with E-state index in [2.05, 4.69) is 0 Å². The summed E-state index contributed by atoms with van der Waals surface area (Å²) in [6, 6.07) is 2.84. The second kappa shape index (κ2) is 3.23. The summed E-state index contributed by atoms with van der Waals surface area (Å²) >= 11 is 5.83. The molecule has 0 atom stereocenters. The van der Waals surface area contributed by atoms with Crippen LogP contribution in [0, 0.1) is 0 Å². The van der Waals surface area contributed by atoms with Gasteiger partial charge in [0.05, 0.1) is 0 Å². The van der Waals surface area contributed by atoms with E-state index in [1.807, 2.05) is 13.8 Å². The molecule has 0 fully saturated rings. The van der Waals surface area contributed by atoms with Crippen molar-refractivity contribution in [1.82, 2.24) is 0 Å². The van der Waals surface area contributed by atoms with Crippen LogP contribution in [0.3, 0.4) is 0 Å².